The van der Waals surface area contributed by atoms with Crippen LogP contribution in [-0.2, 0) is 9.53 Å². The van der Waals surface area contributed by atoms with Gasteiger partial charge in [0.15, 0.2) is 0 Å². The number of carbonyl (C=O) groups is 1. The molecule has 20 heavy (non-hydrogen) atoms. The zero-order valence-corrected chi connectivity index (χ0v) is 12.7. The summed E-state index contributed by atoms with van der Waals surface area (Å²) in [5.41, 5.74) is 0. The van der Waals surface area contributed by atoms with Crippen molar-refractivity contribution in [2.24, 2.45) is 0 Å². The van der Waals surface area contributed by atoms with Crippen molar-refractivity contribution in [3.63, 3.8) is 0 Å². The third-order valence-corrected chi connectivity index (χ3v) is 3.43. The standard InChI is InChI=1S/C16H28N2O2/c1-2-7-16(19)8-15-20-14-6-9-17-10-13-18-11-4-3-5-12-18/h17H,3-6,8-15H2,1H3. The van der Waals surface area contributed by atoms with Crippen LogP contribution < -0.4 is 5.32 Å². The molecule has 0 aromatic heterocycles. The lowest BCUT2D eigenvalue weighted by molar-refractivity contribution is -0.114. The summed E-state index contributed by atoms with van der Waals surface area (Å²) in [6.45, 7) is 8.60. The molecule has 0 atom stereocenters. The molecule has 4 nitrogen and oxygen atoms in total. The molecular formula is C16H28N2O2. The maximum atomic E-state index is 11.1. The summed E-state index contributed by atoms with van der Waals surface area (Å²) in [5, 5.41) is 3.44. The van der Waals surface area contributed by atoms with Crippen molar-refractivity contribution in [1.82, 2.24) is 10.2 Å². The summed E-state index contributed by atoms with van der Waals surface area (Å²) in [4.78, 5) is 13.6. The van der Waals surface area contributed by atoms with Gasteiger partial charge in [-0.15, -0.1) is 0 Å². The third kappa shape index (κ3) is 9.08. The summed E-state index contributed by atoms with van der Waals surface area (Å²) in [5.74, 6) is 5.08. The van der Waals surface area contributed by atoms with Crippen molar-refractivity contribution in [1.29, 1.82) is 0 Å². The molecule has 0 aromatic rings. The van der Waals surface area contributed by atoms with Gasteiger partial charge in [-0.05, 0) is 51.7 Å². The predicted octanol–water partition coefficient (Wildman–Crippen LogP) is 1.45. The Morgan fingerprint density at radius 3 is 2.75 bits per heavy atom. The van der Waals surface area contributed by atoms with Gasteiger partial charge in [-0.3, -0.25) is 4.79 Å². The summed E-state index contributed by atoms with van der Waals surface area (Å²) < 4.78 is 5.41. The summed E-state index contributed by atoms with van der Waals surface area (Å²) >= 11 is 0. The van der Waals surface area contributed by atoms with Crippen molar-refractivity contribution in [3.8, 4) is 11.8 Å². The minimum atomic E-state index is -0.0350. The van der Waals surface area contributed by atoms with Gasteiger partial charge in [-0.25, -0.2) is 0 Å². The van der Waals surface area contributed by atoms with E-state index in [0.29, 0.717) is 19.6 Å². The zero-order valence-electron chi connectivity index (χ0n) is 12.7. The highest BCUT2D eigenvalue weighted by atomic mass is 16.5. The van der Waals surface area contributed by atoms with Crippen LogP contribution in [0.3, 0.4) is 0 Å². The number of hydrogen-bond acceptors (Lipinski definition) is 4. The Bertz CT molecular complexity index is 314. The number of ketones is 1. The van der Waals surface area contributed by atoms with Crippen LogP contribution >= 0.6 is 0 Å². The molecule has 0 radical (unpaired) electrons. The number of hydrogen-bond donors (Lipinski definition) is 1. The van der Waals surface area contributed by atoms with Gasteiger partial charge in [0, 0.05) is 26.1 Å². The topological polar surface area (TPSA) is 41.6 Å². The number of nitrogens with one attached hydrogen (secondary N) is 1. The maximum absolute atomic E-state index is 11.1. The Balaban J connectivity index is 1.80. The Labute approximate surface area is 123 Å². The van der Waals surface area contributed by atoms with E-state index in [0.717, 1.165) is 26.1 Å². The number of likely N-dealkylation sites (tertiary alicyclic amines) is 1. The van der Waals surface area contributed by atoms with Gasteiger partial charge < -0.3 is 15.0 Å². The molecule has 0 amide bonds. The van der Waals surface area contributed by atoms with Gasteiger partial charge in [0.05, 0.1) is 6.61 Å². The summed E-state index contributed by atoms with van der Waals surface area (Å²) in [7, 11) is 0. The molecule has 0 saturated carbocycles. The molecule has 1 heterocycles. The van der Waals surface area contributed by atoms with Crippen LogP contribution in [-0.4, -0.2) is 56.6 Å². The lowest BCUT2D eigenvalue weighted by Crippen LogP contribution is -2.36. The number of Topliss-reactive ketones (excluding diaryl/α,β-unsaturated/α-hetero) is 1. The fraction of sp³-hybridized carbons (Fsp3) is 0.812. The van der Waals surface area contributed by atoms with Gasteiger partial charge in [0.25, 0.3) is 0 Å². The van der Waals surface area contributed by atoms with Crippen LogP contribution in [0, 0.1) is 11.8 Å². The monoisotopic (exact) mass is 280 g/mol. The Hall–Kier alpha value is -0.890. The first kappa shape index (κ1) is 17.2. The molecule has 1 rings (SSSR count). The number of nitrogens with zero attached hydrogens (tertiary/aromatic N) is 1. The second-order valence-electron chi connectivity index (χ2n) is 5.17. The fourth-order valence-electron chi connectivity index (χ4n) is 2.31. The summed E-state index contributed by atoms with van der Waals surface area (Å²) in [6.07, 6.45) is 5.51. The minimum absolute atomic E-state index is 0.0350. The Morgan fingerprint density at radius 1 is 1.20 bits per heavy atom. The fourth-order valence-corrected chi connectivity index (χ4v) is 2.31. The van der Waals surface area contributed by atoms with E-state index in [1.165, 1.54) is 32.4 Å². The van der Waals surface area contributed by atoms with Crippen LogP contribution in [0.5, 0.6) is 0 Å². The molecule has 0 unspecified atom stereocenters. The molecule has 1 N–H and O–H groups in total. The molecule has 1 fully saturated rings. The highest BCUT2D eigenvalue weighted by Crippen LogP contribution is 2.07. The first-order chi connectivity index (χ1) is 9.83. The van der Waals surface area contributed by atoms with Crippen molar-refractivity contribution in [3.05, 3.63) is 0 Å². The predicted molar refractivity (Wildman–Crippen MR) is 81.7 cm³/mol. The molecule has 1 aliphatic rings. The average molecular weight is 280 g/mol. The maximum Gasteiger partial charge on any atom is 0.207 e. The van der Waals surface area contributed by atoms with E-state index in [-0.39, 0.29) is 5.78 Å². The zero-order chi connectivity index (χ0) is 14.5. The van der Waals surface area contributed by atoms with Crippen LogP contribution in [0.4, 0.5) is 0 Å². The van der Waals surface area contributed by atoms with Crippen LogP contribution in [0.2, 0.25) is 0 Å². The molecule has 114 valence electrons. The molecule has 0 spiro atoms. The molecule has 0 bridgehead atoms. The highest BCUT2D eigenvalue weighted by molar-refractivity contribution is 5.95. The van der Waals surface area contributed by atoms with Crippen molar-refractivity contribution >= 4 is 5.78 Å². The van der Waals surface area contributed by atoms with Crippen LogP contribution in [0.15, 0.2) is 0 Å². The normalized spacial score (nSPS) is 15.7. The third-order valence-electron chi connectivity index (χ3n) is 3.43. The van der Waals surface area contributed by atoms with Crippen molar-refractivity contribution < 1.29 is 9.53 Å². The summed E-state index contributed by atoms with van der Waals surface area (Å²) in [6, 6.07) is 0. The largest absolute Gasteiger partial charge is 0.381 e. The van der Waals surface area contributed by atoms with Crippen LogP contribution in [0.25, 0.3) is 0 Å². The van der Waals surface area contributed by atoms with Crippen molar-refractivity contribution in [2.45, 2.75) is 39.0 Å². The minimum Gasteiger partial charge on any atom is -0.381 e. The first-order valence-electron chi connectivity index (χ1n) is 7.79. The molecule has 0 aliphatic carbocycles. The highest BCUT2D eigenvalue weighted by Gasteiger charge is 2.08. The lowest BCUT2D eigenvalue weighted by atomic mass is 10.1. The van der Waals surface area contributed by atoms with Gasteiger partial charge in [0.2, 0.25) is 5.78 Å². The van der Waals surface area contributed by atoms with E-state index in [1.807, 2.05) is 0 Å². The Kier molecular flexibility index (Phi) is 10.2. The number of piperidine rings is 1. The van der Waals surface area contributed by atoms with Gasteiger partial charge in [-0.2, -0.15) is 0 Å². The van der Waals surface area contributed by atoms with E-state index in [2.05, 4.69) is 22.1 Å². The van der Waals surface area contributed by atoms with Crippen molar-refractivity contribution in [2.75, 3.05) is 45.9 Å². The smallest absolute Gasteiger partial charge is 0.207 e. The van der Waals surface area contributed by atoms with Gasteiger partial charge >= 0.3 is 0 Å². The first-order valence-corrected chi connectivity index (χ1v) is 7.79. The van der Waals surface area contributed by atoms with E-state index in [4.69, 9.17) is 4.74 Å². The quantitative estimate of drug-likeness (QED) is 0.374. The van der Waals surface area contributed by atoms with E-state index < -0.39 is 0 Å². The average Bonchev–Trinajstić information content (AvgIpc) is 2.47. The second-order valence-corrected chi connectivity index (χ2v) is 5.17. The number of carbonyl (C=O) groups excluding carboxylic acids is 1. The van der Waals surface area contributed by atoms with E-state index in [9.17, 15) is 4.79 Å². The SMILES string of the molecule is CC#CC(=O)CCOCCCNCCN1CCCCC1. The molecule has 1 saturated heterocycles. The Morgan fingerprint density at radius 2 is 2.00 bits per heavy atom. The lowest BCUT2D eigenvalue weighted by Gasteiger charge is -2.26. The van der Waals surface area contributed by atoms with Gasteiger partial charge in [-0.1, -0.05) is 12.3 Å². The number of ether oxygens (including phenoxy) is 1. The van der Waals surface area contributed by atoms with E-state index >= 15 is 0 Å². The molecule has 0 aromatic carbocycles. The molecular weight excluding hydrogens is 252 g/mol. The molecule has 1 aliphatic heterocycles. The van der Waals surface area contributed by atoms with Gasteiger partial charge in [0.1, 0.15) is 0 Å². The number of rotatable bonds is 10. The second kappa shape index (κ2) is 11.9. The van der Waals surface area contributed by atoms with E-state index in [1.54, 1.807) is 6.92 Å². The molecule has 4 heteroatoms. The van der Waals surface area contributed by atoms with Crippen LogP contribution in [0.1, 0.15) is 39.0 Å².